The summed E-state index contributed by atoms with van der Waals surface area (Å²) in [5.41, 5.74) is -0.557. The third-order valence-electron chi connectivity index (χ3n) is 2.87. The highest BCUT2D eigenvalue weighted by molar-refractivity contribution is 7.99. The number of nitrogens with one attached hydrogen (secondary N) is 1. The van der Waals surface area contributed by atoms with Gasteiger partial charge in [-0.2, -0.15) is 0 Å². The van der Waals surface area contributed by atoms with Gasteiger partial charge >= 0.3 is 5.97 Å². The highest BCUT2D eigenvalue weighted by Crippen LogP contribution is 2.22. The lowest BCUT2D eigenvalue weighted by atomic mass is 9.98. The molecule has 0 aliphatic carbocycles. The van der Waals surface area contributed by atoms with Gasteiger partial charge < -0.3 is 10.4 Å². The molecule has 0 fully saturated rings. The van der Waals surface area contributed by atoms with Crippen LogP contribution in [0.2, 0.25) is 0 Å². The van der Waals surface area contributed by atoms with E-state index in [0.29, 0.717) is 17.1 Å². The molecule has 0 aromatic heterocycles. The fourth-order valence-electron chi connectivity index (χ4n) is 1.74. The van der Waals surface area contributed by atoms with Crippen LogP contribution in [0.3, 0.4) is 0 Å². The second-order valence-corrected chi connectivity index (χ2v) is 6.49. The van der Waals surface area contributed by atoms with Gasteiger partial charge in [0.05, 0.1) is 0 Å². The zero-order chi connectivity index (χ0) is 15.9. The highest BCUT2D eigenvalue weighted by Gasteiger charge is 2.21. The average Bonchev–Trinajstić information content (AvgIpc) is 2.38. The summed E-state index contributed by atoms with van der Waals surface area (Å²) in [7, 11) is 0. The van der Waals surface area contributed by atoms with Crippen LogP contribution in [0, 0.1) is 5.82 Å². The molecule has 1 aromatic rings. The predicted molar refractivity (Wildman–Crippen MR) is 80.8 cm³/mol. The van der Waals surface area contributed by atoms with Crippen molar-refractivity contribution in [3.05, 3.63) is 30.1 Å². The molecule has 1 aromatic carbocycles. The molecule has 0 saturated heterocycles. The largest absolute Gasteiger partial charge is 0.481 e. The molecule has 0 saturated carbocycles. The maximum atomic E-state index is 13.4. The quantitative estimate of drug-likeness (QED) is 0.724. The summed E-state index contributed by atoms with van der Waals surface area (Å²) in [5, 5.41) is 11.5. The van der Waals surface area contributed by atoms with Crippen LogP contribution >= 0.6 is 11.8 Å². The second kappa shape index (κ2) is 8.02. The highest BCUT2D eigenvalue weighted by atomic mass is 32.2. The van der Waals surface area contributed by atoms with Crippen molar-refractivity contribution >= 4 is 23.6 Å². The average molecular weight is 313 g/mol. The van der Waals surface area contributed by atoms with E-state index < -0.39 is 11.5 Å². The van der Waals surface area contributed by atoms with E-state index in [-0.39, 0.29) is 24.6 Å². The summed E-state index contributed by atoms with van der Waals surface area (Å²) < 4.78 is 13.4. The van der Waals surface area contributed by atoms with E-state index >= 15 is 0 Å². The van der Waals surface area contributed by atoms with Gasteiger partial charge in [-0.1, -0.05) is 12.1 Å². The molecule has 1 rings (SSSR count). The molecule has 2 N–H and O–H groups in total. The summed E-state index contributed by atoms with van der Waals surface area (Å²) in [6.07, 6.45) is 0.640. The molecule has 0 radical (unpaired) electrons. The van der Waals surface area contributed by atoms with Crippen molar-refractivity contribution in [3.63, 3.8) is 0 Å². The van der Waals surface area contributed by atoms with E-state index in [1.165, 1.54) is 17.8 Å². The van der Waals surface area contributed by atoms with Gasteiger partial charge in [-0.3, -0.25) is 9.59 Å². The molecule has 1 amide bonds. The van der Waals surface area contributed by atoms with Gasteiger partial charge in [0.1, 0.15) is 5.82 Å². The van der Waals surface area contributed by atoms with E-state index in [2.05, 4.69) is 5.32 Å². The van der Waals surface area contributed by atoms with Crippen molar-refractivity contribution in [2.75, 3.05) is 5.75 Å². The molecule has 0 heterocycles. The topological polar surface area (TPSA) is 66.4 Å². The number of carbonyl (C=O) groups excluding carboxylic acids is 1. The van der Waals surface area contributed by atoms with Gasteiger partial charge in [-0.25, -0.2) is 4.39 Å². The van der Waals surface area contributed by atoms with Crippen molar-refractivity contribution < 1.29 is 19.1 Å². The third kappa shape index (κ3) is 7.13. The first-order chi connectivity index (χ1) is 9.80. The number of benzene rings is 1. The van der Waals surface area contributed by atoms with Crippen LogP contribution in [-0.2, 0) is 9.59 Å². The van der Waals surface area contributed by atoms with E-state index in [0.717, 1.165) is 0 Å². The van der Waals surface area contributed by atoms with Gasteiger partial charge in [-0.15, -0.1) is 11.8 Å². The summed E-state index contributed by atoms with van der Waals surface area (Å²) in [6, 6.07) is 6.43. The minimum absolute atomic E-state index is 0.0112. The monoisotopic (exact) mass is 313 g/mol. The molecule has 0 bridgehead atoms. The molecule has 21 heavy (non-hydrogen) atoms. The molecule has 4 nitrogen and oxygen atoms in total. The van der Waals surface area contributed by atoms with E-state index in [1.54, 1.807) is 32.0 Å². The van der Waals surface area contributed by atoms with E-state index in [1.807, 2.05) is 0 Å². The van der Waals surface area contributed by atoms with Crippen LogP contribution in [0.25, 0.3) is 0 Å². The van der Waals surface area contributed by atoms with E-state index in [4.69, 9.17) is 5.11 Å². The van der Waals surface area contributed by atoms with E-state index in [9.17, 15) is 14.0 Å². The Morgan fingerprint density at radius 3 is 2.57 bits per heavy atom. The first-order valence-corrected chi connectivity index (χ1v) is 7.69. The smallest absolute Gasteiger partial charge is 0.303 e. The molecule has 116 valence electrons. The van der Waals surface area contributed by atoms with Gasteiger partial charge in [0.2, 0.25) is 5.91 Å². The number of thioether (sulfide) groups is 1. The summed E-state index contributed by atoms with van der Waals surface area (Å²) >= 11 is 1.29. The van der Waals surface area contributed by atoms with Gasteiger partial charge in [-0.05, 0) is 32.4 Å². The van der Waals surface area contributed by atoms with Gasteiger partial charge in [0.15, 0.2) is 0 Å². The normalized spacial score (nSPS) is 11.2. The molecular formula is C15H20FNO3S. The van der Waals surface area contributed by atoms with Gasteiger partial charge in [0.25, 0.3) is 0 Å². The Labute approximate surface area is 128 Å². The zero-order valence-electron chi connectivity index (χ0n) is 12.2. The fraction of sp³-hybridized carbons (Fsp3) is 0.467. The lowest BCUT2D eigenvalue weighted by Crippen LogP contribution is -2.43. The number of carboxylic acid groups (broad SMARTS) is 1. The number of hydrogen-bond donors (Lipinski definition) is 2. The minimum atomic E-state index is -0.882. The molecule has 6 heteroatoms. The number of carboxylic acids is 1. The Hall–Kier alpha value is -1.56. The minimum Gasteiger partial charge on any atom is -0.481 e. The van der Waals surface area contributed by atoms with Crippen LogP contribution < -0.4 is 5.32 Å². The lowest BCUT2D eigenvalue weighted by Gasteiger charge is -2.25. The van der Waals surface area contributed by atoms with Crippen LogP contribution in [0.5, 0.6) is 0 Å². The van der Waals surface area contributed by atoms with Crippen LogP contribution in [0.4, 0.5) is 4.39 Å². The standard InChI is InChI=1S/C15H20FNO3S/c1-15(2,9-7-14(19)20)17-13(18)8-10-21-12-6-4-3-5-11(12)16/h3-6H,7-10H2,1-2H3,(H,17,18)(H,19,20). The van der Waals surface area contributed by atoms with Crippen molar-refractivity contribution in [2.45, 2.75) is 43.5 Å². The maximum Gasteiger partial charge on any atom is 0.303 e. The third-order valence-corrected chi connectivity index (χ3v) is 3.92. The number of amides is 1. The molecular weight excluding hydrogens is 293 g/mol. The lowest BCUT2D eigenvalue weighted by molar-refractivity contribution is -0.137. The fourth-order valence-corrected chi connectivity index (χ4v) is 2.63. The molecule has 0 aliphatic heterocycles. The zero-order valence-corrected chi connectivity index (χ0v) is 13.0. The Bertz CT molecular complexity index is 505. The van der Waals surface area contributed by atoms with Crippen LogP contribution in [0.1, 0.15) is 33.1 Å². The Balaban J connectivity index is 2.34. The first kappa shape index (κ1) is 17.5. The molecule has 0 unspecified atom stereocenters. The molecule has 0 spiro atoms. The molecule has 0 atom stereocenters. The van der Waals surface area contributed by atoms with Crippen molar-refractivity contribution in [1.29, 1.82) is 0 Å². The maximum absolute atomic E-state index is 13.4. The Morgan fingerprint density at radius 1 is 1.29 bits per heavy atom. The SMILES string of the molecule is CC(C)(CCC(=O)O)NC(=O)CCSc1ccccc1F. The summed E-state index contributed by atoms with van der Waals surface area (Å²) in [4.78, 5) is 22.9. The summed E-state index contributed by atoms with van der Waals surface area (Å²) in [6.45, 7) is 3.58. The number of halogens is 1. The van der Waals surface area contributed by atoms with Crippen LogP contribution in [-0.4, -0.2) is 28.3 Å². The second-order valence-electron chi connectivity index (χ2n) is 5.35. The number of carbonyl (C=O) groups is 2. The predicted octanol–water partition coefficient (Wildman–Crippen LogP) is 3.07. The van der Waals surface area contributed by atoms with Crippen LogP contribution in [0.15, 0.2) is 29.2 Å². The molecule has 0 aliphatic rings. The van der Waals surface area contributed by atoms with Crippen molar-refractivity contribution in [3.8, 4) is 0 Å². The van der Waals surface area contributed by atoms with Crippen molar-refractivity contribution in [2.24, 2.45) is 0 Å². The Morgan fingerprint density at radius 2 is 1.95 bits per heavy atom. The number of rotatable bonds is 8. The number of hydrogen-bond acceptors (Lipinski definition) is 3. The van der Waals surface area contributed by atoms with Crippen molar-refractivity contribution in [1.82, 2.24) is 5.32 Å². The number of aliphatic carboxylic acids is 1. The van der Waals surface area contributed by atoms with Gasteiger partial charge in [0, 0.05) is 29.0 Å². The summed E-state index contributed by atoms with van der Waals surface area (Å²) in [5.74, 6) is -0.853. The first-order valence-electron chi connectivity index (χ1n) is 6.70. The Kier molecular flexibility index (Phi) is 6.68.